The largest absolute Gasteiger partial charge is 0.481 e. The van der Waals surface area contributed by atoms with E-state index in [1.165, 1.54) is 0 Å². The molecule has 0 aromatic rings. The summed E-state index contributed by atoms with van der Waals surface area (Å²) >= 11 is 0. The quantitative estimate of drug-likeness (QED) is 0.760. The van der Waals surface area contributed by atoms with Crippen molar-refractivity contribution in [3.05, 3.63) is 0 Å². The fraction of sp³-hybridized carbons (Fsp3) is 0.917. The molecule has 0 aromatic carbocycles. The number of hydrogen-bond donors (Lipinski definition) is 2. The SMILES string of the molecule is CC(O)C(C)N1CCC(C(=O)O)(C(C)C)C1. The van der Waals surface area contributed by atoms with Gasteiger partial charge in [-0.25, -0.2) is 0 Å². The van der Waals surface area contributed by atoms with Crippen molar-refractivity contribution in [2.45, 2.75) is 46.3 Å². The van der Waals surface area contributed by atoms with Gasteiger partial charge in [0.2, 0.25) is 0 Å². The van der Waals surface area contributed by atoms with Crippen LogP contribution >= 0.6 is 0 Å². The Hall–Kier alpha value is -0.610. The van der Waals surface area contributed by atoms with Crippen LogP contribution in [0.15, 0.2) is 0 Å². The number of likely N-dealkylation sites (tertiary alicyclic amines) is 1. The van der Waals surface area contributed by atoms with Gasteiger partial charge in [-0.15, -0.1) is 0 Å². The highest BCUT2D eigenvalue weighted by Gasteiger charge is 2.48. The van der Waals surface area contributed by atoms with Crippen LogP contribution in [-0.4, -0.2) is 46.3 Å². The average molecular weight is 229 g/mol. The van der Waals surface area contributed by atoms with Crippen LogP contribution in [-0.2, 0) is 4.79 Å². The van der Waals surface area contributed by atoms with Crippen molar-refractivity contribution < 1.29 is 15.0 Å². The Morgan fingerprint density at radius 3 is 2.19 bits per heavy atom. The normalized spacial score (nSPS) is 30.6. The molecule has 1 aliphatic rings. The number of aliphatic hydroxyl groups excluding tert-OH is 1. The number of carbonyl (C=O) groups is 1. The molecule has 0 amide bonds. The molecule has 3 unspecified atom stereocenters. The fourth-order valence-corrected chi connectivity index (χ4v) is 2.41. The molecular weight excluding hydrogens is 206 g/mol. The summed E-state index contributed by atoms with van der Waals surface area (Å²) in [5.41, 5.74) is -0.636. The Kier molecular flexibility index (Phi) is 3.97. The minimum atomic E-state index is -0.706. The lowest BCUT2D eigenvalue weighted by Crippen LogP contribution is -2.44. The van der Waals surface area contributed by atoms with E-state index in [1.807, 2.05) is 20.8 Å². The van der Waals surface area contributed by atoms with Gasteiger partial charge in [-0.1, -0.05) is 13.8 Å². The Labute approximate surface area is 97.3 Å². The number of carboxylic acids is 1. The van der Waals surface area contributed by atoms with Crippen molar-refractivity contribution in [1.82, 2.24) is 4.90 Å². The third kappa shape index (κ3) is 2.23. The molecular formula is C12H23NO3. The maximum atomic E-state index is 11.4. The van der Waals surface area contributed by atoms with Crippen molar-refractivity contribution in [2.75, 3.05) is 13.1 Å². The zero-order valence-electron chi connectivity index (χ0n) is 10.6. The molecule has 94 valence electrons. The average Bonchev–Trinajstić information content (AvgIpc) is 2.61. The zero-order chi connectivity index (χ0) is 12.5. The van der Waals surface area contributed by atoms with Gasteiger partial charge in [0.25, 0.3) is 0 Å². The van der Waals surface area contributed by atoms with E-state index in [1.54, 1.807) is 6.92 Å². The number of nitrogens with zero attached hydrogens (tertiary/aromatic N) is 1. The number of carboxylic acid groups (broad SMARTS) is 1. The maximum Gasteiger partial charge on any atom is 0.311 e. The van der Waals surface area contributed by atoms with E-state index < -0.39 is 17.5 Å². The molecule has 1 heterocycles. The summed E-state index contributed by atoms with van der Waals surface area (Å²) in [4.78, 5) is 13.5. The Morgan fingerprint density at radius 1 is 1.31 bits per heavy atom. The highest BCUT2D eigenvalue weighted by atomic mass is 16.4. The summed E-state index contributed by atoms with van der Waals surface area (Å²) in [7, 11) is 0. The predicted molar refractivity (Wildman–Crippen MR) is 62.2 cm³/mol. The minimum absolute atomic E-state index is 0.0278. The zero-order valence-corrected chi connectivity index (χ0v) is 10.6. The second kappa shape index (κ2) is 4.72. The molecule has 16 heavy (non-hydrogen) atoms. The molecule has 3 atom stereocenters. The lowest BCUT2D eigenvalue weighted by molar-refractivity contribution is -0.151. The molecule has 1 saturated heterocycles. The highest BCUT2D eigenvalue weighted by molar-refractivity contribution is 5.75. The van der Waals surface area contributed by atoms with Crippen LogP contribution in [0.5, 0.6) is 0 Å². The first-order valence-corrected chi connectivity index (χ1v) is 5.97. The van der Waals surface area contributed by atoms with Crippen LogP contribution in [0.2, 0.25) is 0 Å². The second-order valence-corrected chi connectivity index (χ2v) is 5.32. The van der Waals surface area contributed by atoms with Crippen molar-refractivity contribution in [2.24, 2.45) is 11.3 Å². The predicted octanol–water partition coefficient (Wildman–Crippen LogP) is 1.19. The molecule has 1 rings (SSSR count). The van der Waals surface area contributed by atoms with Gasteiger partial charge >= 0.3 is 5.97 Å². The summed E-state index contributed by atoms with van der Waals surface area (Å²) in [6, 6.07) is 0.0278. The monoisotopic (exact) mass is 229 g/mol. The Morgan fingerprint density at radius 2 is 1.88 bits per heavy atom. The number of rotatable bonds is 4. The highest BCUT2D eigenvalue weighted by Crippen LogP contribution is 2.39. The van der Waals surface area contributed by atoms with Crippen LogP contribution in [0.3, 0.4) is 0 Å². The third-order valence-electron chi connectivity index (χ3n) is 4.14. The van der Waals surface area contributed by atoms with Crippen molar-refractivity contribution in [3.8, 4) is 0 Å². The van der Waals surface area contributed by atoms with Gasteiger partial charge in [0.15, 0.2) is 0 Å². The fourth-order valence-electron chi connectivity index (χ4n) is 2.41. The molecule has 4 heteroatoms. The summed E-state index contributed by atoms with van der Waals surface area (Å²) < 4.78 is 0. The molecule has 0 radical (unpaired) electrons. The first-order chi connectivity index (χ1) is 7.31. The molecule has 0 bridgehead atoms. The first kappa shape index (κ1) is 13.5. The van der Waals surface area contributed by atoms with Gasteiger partial charge in [0, 0.05) is 12.6 Å². The third-order valence-corrected chi connectivity index (χ3v) is 4.14. The summed E-state index contributed by atoms with van der Waals surface area (Å²) in [5, 5.41) is 18.9. The molecule has 4 nitrogen and oxygen atoms in total. The lowest BCUT2D eigenvalue weighted by Gasteiger charge is -2.31. The van der Waals surface area contributed by atoms with E-state index in [9.17, 15) is 15.0 Å². The molecule has 0 saturated carbocycles. The van der Waals surface area contributed by atoms with Gasteiger partial charge in [-0.3, -0.25) is 9.69 Å². The maximum absolute atomic E-state index is 11.4. The van der Waals surface area contributed by atoms with Crippen LogP contribution in [0.4, 0.5) is 0 Å². The number of hydrogen-bond acceptors (Lipinski definition) is 3. The smallest absolute Gasteiger partial charge is 0.311 e. The van der Waals surface area contributed by atoms with Crippen LogP contribution in [0, 0.1) is 11.3 Å². The number of aliphatic hydroxyl groups is 1. The van der Waals surface area contributed by atoms with Crippen molar-refractivity contribution >= 4 is 5.97 Å². The van der Waals surface area contributed by atoms with E-state index >= 15 is 0 Å². The van der Waals surface area contributed by atoms with Crippen LogP contribution in [0.25, 0.3) is 0 Å². The summed E-state index contributed by atoms with van der Waals surface area (Å²) in [5.74, 6) is -0.584. The Balaban J connectivity index is 2.79. The summed E-state index contributed by atoms with van der Waals surface area (Å²) in [6.07, 6.45) is 0.258. The van der Waals surface area contributed by atoms with Gasteiger partial charge in [0.1, 0.15) is 0 Å². The first-order valence-electron chi connectivity index (χ1n) is 5.97. The molecule has 0 aliphatic carbocycles. The van der Waals surface area contributed by atoms with Crippen molar-refractivity contribution in [1.29, 1.82) is 0 Å². The van der Waals surface area contributed by atoms with Gasteiger partial charge in [0.05, 0.1) is 11.5 Å². The van der Waals surface area contributed by atoms with Gasteiger partial charge in [-0.05, 0) is 32.7 Å². The molecule has 1 fully saturated rings. The standard InChI is InChI=1S/C12H23NO3/c1-8(2)12(11(15)16)5-6-13(7-12)9(3)10(4)14/h8-10,14H,5-7H2,1-4H3,(H,15,16). The lowest BCUT2D eigenvalue weighted by atomic mass is 9.76. The summed E-state index contributed by atoms with van der Waals surface area (Å²) in [6.45, 7) is 8.93. The van der Waals surface area contributed by atoms with E-state index in [-0.39, 0.29) is 12.0 Å². The molecule has 2 N–H and O–H groups in total. The van der Waals surface area contributed by atoms with E-state index in [0.29, 0.717) is 13.0 Å². The van der Waals surface area contributed by atoms with Gasteiger partial charge in [-0.2, -0.15) is 0 Å². The van der Waals surface area contributed by atoms with E-state index in [4.69, 9.17) is 0 Å². The van der Waals surface area contributed by atoms with Crippen LogP contribution < -0.4 is 0 Å². The van der Waals surface area contributed by atoms with Gasteiger partial charge < -0.3 is 10.2 Å². The topological polar surface area (TPSA) is 60.8 Å². The van der Waals surface area contributed by atoms with Crippen LogP contribution in [0.1, 0.15) is 34.1 Å². The number of aliphatic carboxylic acids is 1. The molecule has 0 aromatic heterocycles. The second-order valence-electron chi connectivity index (χ2n) is 5.32. The van der Waals surface area contributed by atoms with E-state index in [2.05, 4.69) is 4.90 Å². The molecule has 1 aliphatic heterocycles. The molecule has 0 spiro atoms. The van der Waals surface area contributed by atoms with Crippen molar-refractivity contribution in [3.63, 3.8) is 0 Å². The minimum Gasteiger partial charge on any atom is -0.481 e. The van der Waals surface area contributed by atoms with E-state index in [0.717, 1.165) is 6.54 Å². The Bertz CT molecular complexity index is 265.